The molecule has 4 rings (SSSR count). The molecule has 0 spiro atoms. The molecule has 1 fully saturated rings. The standard InChI is InChI=1S/C21H17F4N5O/c22-16-4-2-1-3-15(16)20(31)30-11-9-29(10-12-30)18-13-17(21(23,24)25)27-19(28-18)14-5-7-26-8-6-14/h1-8,13H,9-12H2. The number of rotatable bonds is 3. The smallest absolute Gasteiger partial charge is 0.353 e. The first-order chi connectivity index (χ1) is 14.8. The maximum Gasteiger partial charge on any atom is 0.433 e. The molecule has 0 aliphatic carbocycles. The van der Waals surface area contributed by atoms with Gasteiger partial charge in [-0.1, -0.05) is 12.1 Å². The van der Waals surface area contributed by atoms with Gasteiger partial charge in [0.1, 0.15) is 11.6 Å². The summed E-state index contributed by atoms with van der Waals surface area (Å²) in [5.74, 6) is -0.999. The van der Waals surface area contributed by atoms with Gasteiger partial charge in [0.05, 0.1) is 5.56 Å². The van der Waals surface area contributed by atoms with Crippen LogP contribution >= 0.6 is 0 Å². The van der Waals surface area contributed by atoms with Crippen molar-refractivity contribution < 1.29 is 22.4 Å². The first-order valence-corrected chi connectivity index (χ1v) is 9.48. The fourth-order valence-corrected chi connectivity index (χ4v) is 3.32. The molecule has 2 aromatic heterocycles. The second-order valence-corrected chi connectivity index (χ2v) is 6.93. The van der Waals surface area contributed by atoms with Crippen LogP contribution in [-0.2, 0) is 6.18 Å². The molecular formula is C21H17F4N5O. The van der Waals surface area contributed by atoms with Crippen LogP contribution in [0.4, 0.5) is 23.4 Å². The Labute approximate surface area is 175 Å². The second-order valence-electron chi connectivity index (χ2n) is 6.93. The molecule has 1 amide bonds. The van der Waals surface area contributed by atoms with Gasteiger partial charge in [0.25, 0.3) is 5.91 Å². The van der Waals surface area contributed by atoms with Crippen LogP contribution < -0.4 is 4.90 Å². The van der Waals surface area contributed by atoms with Crippen molar-refractivity contribution in [1.82, 2.24) is 19.9 Å². The highest BCUT2D eigenvalue weighted by molar-refractivity contribution is 5.94. The van der Waals surface area contributed by atoms with Crippen molar-refractivity contribution in [3.63, 3.8) is 0 Å². The lowest BCUT2D eigenvalue weighted by atomic mass is 10.1. The van der Waals surface area contributed by atoms with Crippen molar-refractivity contribution in [2.45, 2.75) is 6.18 Å². The van der Waals surface area contributed by atoms with E-state index in [-0.39, 0.29) is 43.4 Å². The van der Waals surface area contributed by atoms with Crippen molar-refractivity contribution in [2.75, 3.05) is 31.1 Å². The van der Waals surface area contributed by atoms with Crippen LogP contribution in [0.3, 0.4) is 0 Å². The number of hydrogen-bond donors (Lipinski definition) is 0. The van der Waals surface area contributed by atoms with Crippen molar-refractivity contribution in [3.05, 3.63) is 71.9 Å². The SMILES string of the molecule is O=C(c1ccccc1F)N1CCN(c2cc(C(F)(F)F)nc(-c3ccncc3)n2)CC1. The highest BCUT2D eigenvalue weighted by Crippen LogP contribution is 2.32. The lowest BCUT2D eigenvalue weighted by Gasteiger charge is -2.35. The highest BCUT2D eigenvalue weighted by Gasteiger charge is 2.35. The minimum atomic E-state index is -4.64. The number of benzene rings is 1. The fraction of sp³-hybridized carbons (Fsp3) is 0.238. The molecule has 0 saturated carbocycles. The van der Waals surface area contributed by atoms with Crippen molar-refractivity contribution in [2.24, 2.45) is 0 Å². The number of halogens is 4. The Morgan fingerprint density at radius 1 is 0.935 bits per heavy atom. The first kappa shape index (κ1) is 20.7. The van der Waals surface area contributed by atoms with E-state index in [1.165, 1.54) is 47.6 Å². The largest absolute Gasteiger partial charge is 0.433 e. The zero-order valence-electron chi connectivity index (χ0n) is 16.2. The van der Waals surface area contributed by atoms with E-state index in [1.807, 2.05) is 0 Å². The maximum absolute atomic E-state index is 13.9. The molecular weight excluding hydrogens is 414 g/mol. The highest BCUT2D eigenvalue weighted by atomic mass is 19.4. The summed E-state index contributed by atoms with van der Waals surface area (Å²) in [5, 5.41) is 0. The van der Waals surface area contributed by atoms with Crippen LogP contribution in [0.2, 0.25) is 0 Å². The molecule has 0 unspecified atom stereocenters. The zero-order valence-corrected chi connectivity index (χ0v) is 16.2. The molecule has 1 aliphatic heterocycles. The third kappa shape index (κ3) is 4.47. The lowest BCUT2D eigenvalue weighted by Crippen LogP contribution is -2.49. The van der Waals surface area contributed by atoms with E-state index < -0.39 is 23.6 Å². The van der Waals surface area contributed by atoms with Crippen LogP contribution in [0.1, 0.15) is 16.1 Å². The number of carbonyl (C=O) groups excluding carboxylic acids is 1. The number of anilines is 1. The van der Waals surface area contributed by atoms with E-state index in [9.17, 15) is 22.4 Å². The van der Waals surface area contributed by atoms with Gasteiger partial charge in [-0.15, -0.1) is 0 Å². The van der Waals surface area contributed by atoms with Gasteiger partial charge >= 0.3 is 6.18 Å². The molecule has 1 aromatic carbocycles. The number of carbonyl (C=O) groups is 1. The molecule has 0 N–H and O–H groups in total. The molecule has 3 heterocycles. The zero-order chi connectivity index (χ0) is 22.0. The van der Waals surface area contributed by atoms with E-state index in [0.717, 1.165) is 6.07 Å². The van der Waals surface area contributed by atoms with E-state index in [1.54, 1.807) is 11.0 Å². The molecule has 3 aromatic rings. The van der Waals surface area contributed by atoms with Crippen molar-refractivity contribution >= 4 is 11.7 Å². The van der Waals surface area contributed by atoms with Gasteiger partial charge in [0.15, 0.2) is 11.5 Å². The molecule has 0 bridgehead atoms. The molecule has 0 radical (unpaired) electrons. The summed E-state index contributed by atoms with van der Waals surface area (Å²) in [4.78, 5) is 27.5. The normalized spacial score (nSPS) is 14.6. The third-order valence-corrected chi connectivity index (χ3v) is 4.94. The fourth-order valence-electron chi connectivity index (χ4n) is 3.32. The van der Waals surface area contributed by atoms with Gasteiger partial charge < -0.3 is 9.80 Å². The minimum absolute atomic E-state index is 0.0303. The summed E-state index contributed by atoms with van der Waals surface area (Å²) >= 11 is 0. The first-order valence-electron chi connectivity index (χ1n) is 9.48. The predicted molar refractivity (Wildman–Crippen MR) is 105 cm³/mol. The number of alkyl halides is 3. The average Bonchev–Trinajstić information content (AvgIpc) is 2.79. The van der Waals surface area contributed by atoms with Crippen LogP contribution in [0.5, 0.6) is 0 Å². The van der Waals surface area contributed by atoms with Crippen LogP contribution in [0.15, 0.2) is 54.9 Å². The van der Waals surface area contributed by atoms with Crippen LogP contribution in [0.25, 0.3) is 11.4 Å². The van der Waals surface area contributed by atoms with Crippen molar-refractivity contribution in [3.8, 4) is 11.4 Å². The second kappa shape index (κ2) is 8.29. The molecule has 31 heavy (non-hydrogen) atoms. The molecule has 6 nitrogen and oxygen atoms in total. The summed E-state index contributed by atoms with van der Waals surface area (Å²) in [6, 6.07) is 9.66. The van der Waals surface area contributed by atoms with Gasteiger partial charge in [-0.2, -0.15) is 13.2 Å². The predicted octanol–water partition coefficient (Wildman–Crippen LogP) is 3.66. The molecule has 0 atom stereocenters. The maximum atomic E-state index is 13.9. The number of amides is 1. The monoisotopic (exact) mass is 431 g/mol. The number of nitrogens with zero attached hydrogens (tertiary/aromatic N) is 5. The van der Waals surface area contributed by atoms with E-state index in [4.69, 9.17) is 0 Å². The Bertz CT molecular complexity index is 1080. The Balaban J connectivity index is 1.57. The topological polar surface area (TPSA) is 62.2 Å². The van der Waals surface area contributed by atoms with Crippen LogP contribution in [-0.4, -0.2) is 51.9 Å². The third-order valence-electron chi connectivity index (χ3n) is 4.94. The van der Waals surface area contributed by atoms with Crippen LogP contribution in [0, 0.1) is 5.82 Å². The van der Waals surface area contributed by atoms with Gasteiger partial charge in [0.2, 0.25) is 0 Å². The summed E-state index contributed by atoms with van der Waals surface area (Å²) in [6.07, 6.45) is -1.74. The molecule has 1 aliphatic rings. The average molecular weight is 431 g/mol. The number of piperazine rings is 1. The Hall–Kier alpha value is -3.56. The molecule has 1 saturated heterocycles. The van der Waals surface area contributed by atoms with E-state index >= 15 is 0 Å². The molecule has 160 valence electrons. The lowest BCUT2D eigenvalue weighted by molar-refractivity contribution is -0.141. The van der Waals surface area contributed by atoms with Gasteiger partial charge in [-0.05, 0) is 24.3 Å². The Morgan fingerprint density at radius 2 is 1.61 bits per heavy atom. The summed E-state index contributed by atoms with van der Waals surface area (Å²) < 4.78 is 54.2. The van der Waals surface area contributed by atoms with E-state index in [0.29, 0.717) is 5.56 Å². The van der Waals surface area contributed by atoms with Gasteiger partial charge in [-0.3, -0.25) is 9.78 Å². The number of hydrogen-bond acceptors (Lipinski definition) is 5. The van der Waals surface area contributed by atoms with Gasteiger partial charge in [0, 0.05) is 50.2 Å². The Morgan fingerprint density at radius 3 is 2.26 bits per heavy atom. The summed E-state index contributed by atoms with van der Waals surface area (Å²) in [6.45, 7) is 0.959. The minimum Gasteiger partial charge on any atom is -0.353 e. The number of pyridine rings is 1. The van der Waals surface area contributed by atoms with E-state index in [2.05, 4.69) is 15.0 Å². The molecule has 10 heteroatoms. The van der Waals surface area contributed by atoms with Crippen molar-refractivity contribution in [1.29, 1.82) is 0 Å². The summed E-state index contributed by atoms with van der Waals surface area (Å²) in [5.41, 5.74) is -0.665. The van der Waals surface area contributed by atoms with Gasteiger partial charge in [-0.25, -0.2) is 14.4 Å². The quantitative estimate of drug-likeness (QED) is 0.593. The Kier molecular flexibility index (Phi) is 5.53. The number of aromatic nitrogens is 3. The summed E-state index contributed by atoms with van der Waals surface area (Å²) in [7, 11) is 0.